The maximum Gasteiger partial charge on any atom is 0.123 e. The lowest BCUT2D eigenvalue weighted by Crippen LogP contribution is -2.49. The van der Waals surface area contributed by atoms with Gasteiger partial charge in [-0.25, -0.2) is 4.39 Å². The molecule has 0 aromatic heterocycles. The van der Waals surface area contributed by atoms with E-state index in [2.05, 4.69) is 22.0 Å². The average Bonchev–Trinajstić information content (AvgIpc) is 2.76. The number of nitrogens with zero attached hydrogens (tertiary/aromatic N) is 2. The number of rotatable bonds is 3. The van der Waals surface area contributed by atoms with Crippen molar-refractivity contribution in [2.45, 2.75) is 19.4 Å². The minimum absolute atomic E-state index is 0.113. The van der Waals surface area contributed by atoms with Crippen LogP contribution in [0.4, 0.5) is 10.1 Å². The number of benzene rings is 1. The molecule has 1 atom stereocenters. The zero-order valence-corrected chi connectivity index (χ0v) is 11.5. The van der Waals surface area contributed by atoms with Crippen LogP contribution in [0, 0.1) is 5.82 Å². The molecule has 0 amide bonds. The van der Waals surface area contributed by atoms with Gasteiger partial charge in [0.15, 0.2) is 0 Å². The molecule has 104 valence electrons. The smallest absolute Gasteiger partial charge is 0.123 e. The van der Waals surface area contributed by atoms with Gasteiger partial charge in [0.25, 0.3) is 0 Å². The van der Waals surface area contributed by atoms with Crippen molar-refractivity contribution in [3.05, 3.63) is 29.6 Å². The Morgan fingerprint density at radius 3 is 2.84 bits per heavy atom. The van der Waals surface area contributed by atoms with Crippen LogP contribution in [-0.2, 0) is 6.42 Å². The molecule has 2 aliphatic heterocycles. The first kappa shape index (κ1) is 12.9. The molecule has 0 radical (unpaired) electrons. The molecular weight excluding hydrogens is 241 g/mol. The Morgan fingerprint density at radius 1 is 1.32 bits per heavy atom. The number of nitrogens with one attached hydrogen (secondary N) is 1. The third kappa shape index (κ3) is 2.60. The predicted molar refractivity (Wildman–Crippen MR) is 76.2 cm³/mol. The van der Waals surface area contributed by atoms with E-state index in [0.29, 0.717) is 6.04 Å². The van der Waals surface area contributed by atoms with Crippen molar-refractivity contribution in [1.29, 1.82) is 0 Å². The van der Waals surface area contributed by atoms with Crippen molar-refractivity contribution < 1.29 is 4.39 Å². The van der Waals surface area contributed by atoms with Gasteiger partial charge in [-0.1, -0.05) is 0 Å². The first-order chi connectivity index (χ1) is 9.28. The van der Waals surface area contributed by atoms with Crippen LogP contribution in [-0.4, -0.2) is 50.2 Å². The van der Waals surface area contributed by atoms with Gasteiger partial charge in [-0.15, -0.1) is 0 Å². The first-order valence-corrected chi connectivity index (χ1v) is 7.26. The van der Waals surface area contributed by atoms with Crippen LogP contribution in [0.5, 0.6) is 0 Å². The van der Waals surface area contributed by atoms with Crippen molar-refractivity contribution >= 4 is 5.69 Å². The molecule has 0 saturated carbocycles. The molecule has 1 saturated heterocycles. The number of anilines is 1. The highest BCUT2D eigenvalue weighted by atomic mass is 19.1. The lowest BCUT2D eigenvalue weighted by molar-refractivity contribution is 0.226. The summed E-state index contributed by atoms with van der Waals surface area (Å²) in [6.07, 6.45) is 0.977. The van der Waals surface area contributed by atoms with Crippen LogP contribution in [0.15, 0.2) is 18.2 Å². The fourth-order valence-corrected chi connectivity index (χ4v) is 3.34. The number of piperazine rings is 1. The van der Waals surface area contributed by atoms with E-state index in [-0.39, 0.29) is 5.82 Å². The summed E-state index contributed by atoms with van der Waals surface area (Å²) in [5.74, 6) is -0.113. The molecule has 0 aliphatic carbocycles. The predicted octanol–water partition coefficient (Wildman–Crippen LogP) is 1.48. The summed E-state index contributed by atoms with van der Waals surface area (Å²) in [4.78, 5) is 4.95. The van der Waals surface area contributed by atoms with Crippen LogP contribution in [0.2, 0.25) is 0 Å². The second kappa shape index (κ2) is 5.47. The van der Waals surface area contributed by atoms with Gasteiger partial charge < -0.3 is 10.2 Å². The topological polar surface area (TPSA) is 18.5 Å². The molecule has 0 spiro atoms. The Hall–Kier alpha value is -1.13. The van der Waals surface area contributed by atoms with Gasteiger partial charge in [-0.05, 0) is 37.1 Å². The first-order valence-electron chi connectivity index (χ1n) is 7.26. The van der Waals surface area contributed by atoms with Crippen molar-refractivity contribution in [3.8, 4) is 0 Å². The molecule has 1 unspecified atom stereocenters. The molecule has 1 N–H and O–H groups in total. The van der Waals surface area contributed by atoms with Gasteiger partial charge >= 0.3 is 0 Å². The number of likely N-dealkylation sites (N-methyl/N-ethyl adjacent to an activating group) is 1. The fourth-order valence-electron chi connectivity index (χ4n) is 3.34. The van der Waals surface area contributed by atoms with E-state index in [4.69, 9.17) is 0 Å². The minimum Gasteiger partial charge on any atom is -0.367 e. The standard InChI is InChI=1S/C15H22FN3/c1-2-19-14(11-18-7-5-17-6-8-18)10-12-9-13(16)3-4-15(12)19/h3-4,9,14,17H,2,5-8,10-11H2,1H3. The Balaban J connectivity index is 1.73. The van der Waals surface area contributed by atoms with Gasteiger partial charge in [0.1, 0.15) is 5.82 Å². The molecule has 19 heavy (non-hydrogen) atoms. The van der Waals surface area contributed by atoms with E-state index in [1.807, 2.05) is 6.07 Å². The summed E-state index contributed by atoms with van der Waals surface area (Å²) in [6.45, 7) is 8.68. The number of fused-ring (bicyclic) bond motifs is 1. The summed E-state index contributed by atoms with van der Waals surface area (Å²) >= 11 is 0. The third-order valence-electron chi connectivity index (χ3n) is 4.27. The van der Waals surface area contributed by atoms with Gasteiger partial charge in [0.05, 0.1) is 0 Å². The van der Waals surface area contributed by atoms with E-state index >= 15 is 0 Å². The molecule has 2 heterocycles. The quantitative estimate of drug-likeness (QED) is 0.891. The Labute approximate surface area is 114 Å². The number of halogens is 1. The zero-order chi connectivity index (χ0) is 13.2. The average molecular weight is 263 g/mol. The number of hydrogen-bond donors (Lipinski definition) is 1. The van der Waals surface area contributed by atoms with E-state index in [9.17, 15) is 4.39 Å². The maximum absolute atomic E-state index is 13.3. The normalized spacial score (nSPS) is 23.7. The molecule has 3 rings (SSSR count). The largest absolute Gasteiger partial charge is 0.367 e. The molecular formula is C15H22FN3. The lowest BCUT2D eigenvalue weighted by Gasteiger charge is -2.34. The highest BCUT2D eigenvalue weighted by Gasteiger charge is 2.30. The summed E-state index contributed by atoms with van der Waals surface area (Å²) in [5, 5.41) is 3.38. The van der Waals surface area contributed by atoms with E-state index in [1.165, 1.54) is 11.3 Å². The van der Waals surface area contributed by atoms with Crippen molar-refractivity contribution in [2.24, 2.45) is 0 Å². The molecule has 3 nitrogen and oxygen atoms in total. The third-order valence-corrected chi connectivity index (χ3v) is 4.27. The molecule has 0 bridgehead atoms. The maximum atomic E-state index is 13.3. The molecule has 1 aromatic rings. The Bertz CT molecular complexity index is 443. The van der Waals surface area contributed by atoms with Gasteiger partial charge in [0.2, 0.25) is 0 Å². The zero-order valence-electron chi connectivity index (χ0n) is 11.5. The minimum atomic E-state index is -0.113. The van der Waals surface area contributed by atoms with Crippen LogP contribution in [0.1, 0.15) is 12.5 Å². The summed E-state index contributed by atoms with van der Waals surface area (Å²) in [6, 6.07) is 5.72. The van der Waals surface area contributed by atoms with Gasteiger partial charge in [0, 0.05) is 51.0 Å². The van der Waals surface area contributed by atoms with Gasteiger partial charge in [-0.2, -0.15) is 0 Å². The summed E-state index contributed by atoms with van der Waals surface area (Å²) < 4.78 is 13.3. The van der Waals surface area contributed by atoms with E-state index < -0.39 is 0 Å². The fraction of sp³-hybridized carbons (Fsp3) is 0.600. The van der Waals surface area contributed by atoms with Crippen LogP contribution in [0.3, 0.4) is 0 Å². The van der Waals surface area contributed by atoms with Crippen LogP contribution >= 0.6 is 0 Å². The van der Waals surface area contributed by atoms with E-state index in [1.54, 1.807) is 12.1 Å². The highest BCUT2D eigenvalue weighted by molar-refractivity contribution is 5.59. The Morgan fingerprint density at radius 2 is 2.11 bits per heavy atom. The SMILES string of the molecule is CCN1c2ccc(F)cc2CC1CN1CCNCC1. The van der Waals surface area contributed by atoms with Crippen molar-refractivity contribution in [1.82, 2.24) is 10.2 Å². The molecule has 1 fully saturated rings. The molecule has 2 aliphatic rings. The molecule has 4 heteroatoms. The second-order valence-corrected chi connectivity index (χ2v) is 5.47. The van der Waals surface area contributed by atoms with Crippen molar-refractivity contribution in [2.75, 3.05) is 44.2 Å². The summed E-state index contributed by atoms with van der Waals surface area (Å²) in [7, 11) is 0. The van der Waals surface area contributed by atoms with Gasteiger partial charge in [-0.3, -0.25) is 4.90 Å². The second-order valence-electron chi connectivity index (χ2n) is 5.47. The van der Waals surface area contributed by atoms with Crippen molar-refractivity contribution in [3.63, 3.8) is 0 Å². The summed E-state index contributed by atoms with van der Waals surface area (Å²) in [5.41, 5.74) is 2.39. The lowest BCUT2D eigenvalue weighted by atomic mass is 10.1. The van der Waals surface area contributed by atoms with Crippen LogP contribution < -0.4 is 10.2 Å². The highest BCUT2D eigenvalue weighted by Crippen LogP contribution is 2.32. The van der Waals surface area contributed by atoms with E-state index in [0.717, 1.165) is 45.7 Å². The monoisotopic (exact) mass is 263 g/mol. The molecule has 1 aromatic carbocycles. The van der Waals surface area contributed by atoms with Crippen LogP contribution in [0.25, 0.3) is 0 Å². The Kier molecular flexibility index (Phi) is 3.71. The number of hydrogen-bond acceptors (Lipinski definition) is 3.